The molecule has 2 fully saturated rings. The Hall–Kier alpha value is -2.93. The standard InChI is InChI=1S/C24H28N2O5/c1-16-13-20(17(2)26(16)14-18-7-6-12-30-18)22(27)15-31-24(29)19-8-3-4-9-21(19)25-11-5-10-23(25)28/h3-4,8-9,13,18H,5-7,10-12,14-15H2,1-2H3/t18-/m0/s1. The SMILES string of the molecule is Cc1cc(C(=O)COC(=O)c2ccccc2N2CCCC2=O)c(C)n1C[C@@H]1CCCO1. The number of para-hydroxylation sites is 1. The Kier molecular flexibility index (Phi) is 6.23. The molecule has 0 radical (unpaired) electrons. The average Bonchev–Trinajstić information content (AvgIpc) is 3.50. The van der Waals surface area contributed by atoms with Crippen LogP contribution in [0.15, 0.2) is 30.3 Å². The molecule has 0 spiro atoms. The number of nitrogens with zero attached hydrogens (tertiary/aromatic N) is 2. The molecule has 2 aromatic rings. The van der Waals surface area contributed by atoms with Crippen LogP contribution in [0.3, 0.4) is 0 Å². The summed E-state index contributed by atoms with van der Waals surface area (Å²) in [7, 11) is 0. The van der Waals surface area contributed by atoms with E-state index in [9.17, 15) is 14.4 Å². The number of hydrogen-bond donors (Lipinski definition) is 0. The molecular weight excluding hydrogens is 396 g/mol. The molecule has 31 heavy (non-hydrogen) atoms. The monoisotopic (exact) mass is 424 g/mol. The fourth-order valence-corrected chi connectivity index (χ4v) is 4.43. The van der Waals surface area contributed by atoms with Crippen molar-refractivity contribution in [1.29, 1.82) is 0 Å². The lowest BCUT2D eigenvalue weighted by Crippen LogP contribution is -2.26. The van der Waals surface area contributed by atoms with E-state index in [1.807, 2.05) is 19.9 Å². The second kappa shape index (κ2) is 9.06. The van der Waals surface area contributed by atoms with E-state index in [1.165, 1.54) is 0 Å². The highest BCUT2D eigenvalue weighted by Crippen LogP contribution is 2.26. The third-order valence-electron chi connectivity index (χ3n) is 6.11. The molecule has 7 nitrogen and oxygen atoms in total. The largest absolute Gasteiger partial charge is 0.454 e. The Balaban J connectivity index is 1.44. The normalized spacial score (nSPS) is 18.6. The smallest absolute Gasteiger partial charge is 0.340 e. The first-order valence-electron chi connectivity index (χ1n) is 10.8. The minimum Gasteiger partial charge on any atom is -0.454 e. The Morgan fingerprint density at radius 1 is 1.16 bits per heavy atom. The minimum atomic E-state index is -0.600. The number of aryl methyl sites for hydroxylation is 1. The van der Waals surface area contributed by atoms with Gasteiger partial charge in [-0.25, -0.2) is 4.79 Å². The minimum absolute atomic E-state index is 0.00462. The lowest BCUT2D eigenvalue weighted by Gasteiger charge is -2.18. The van der Waals surface area contributed by atoms with Crippen molar-refractivity contribution in [2.75, 3.05) is 24.7 Å². The van der Waals surface area contributed by atoms with Gasteiger partial charge in [0, 0.05) is 43.1 Å². The number of aromatic nitrogens is 1. The Morgan fingerprint density at radius 3 is 2.68 bits per heavy atom. The van der Waals surface area contributed by atoms with Crippen LogP contribution in [0.2, 0.25) is 0 Å². The number of benzene rings is 1. The maximum atomic E-state index is 12.8. The number of carbonyl (C=O) groups excluding carboxylic acids is 3. The molecular formula is C24H28N2O5. The zero-order valence-corrected chi connectivity index (χ0v) is 18.1. The van der Waals surface area contributed by atoms with Gasteiger partial charge >= 0.3 is 5.97 Å². The Labute approximate surface area is 181 Å². The molecule has 4 rings (SSSR count). The highest BCUT2D eigenvalue weighted by atomic mass is 16.5. The van der Waals surface area contributed by atoms with Gasteiger partial charge in [0.15, 0.2) is 6.61 Å². The molecule has 164 valence electrons. The third-order valence-corrected chi connectivity index (χ3v) is 6.11. The van der Waals surface area contributed by atoms with E-state index >= 15 is 0 Å². The summed E-state index contributed by atoms with van der Waals surface area (Å²) in [5.41, 5.74) is 3.25. The molecule has 3 heterocycles. The molecule has 2 aliphatic heterocycles. The summed E-state index contributed by atoms with van der Waals surface area (Å²) >= 11 is 0. The molecule has 1 atom stereocenters. The number of amides is 1. The van der Waals surface area contributed by atoms with Gasteiger partial charge in [0.2, 0.25) is 11.7 Å². The number of anilines is 1. The molecule has 0 aliphatic carbocycles. The molecule has 0 unspecified atom stereocenters. The van der Waals surface area contributed by atoms with Crippen molar-refractivity contribution in [2.45, 2.75) is 52.2 Å². The number of ether oxygens (including phenoxy) is 2. The zero-order chi connectivity index (χ0) is 22.0. The molecule has 2 aliphatic rings. The summed E-state index contributed by atoms with van der Waals surface area (Å²) in [6.45, 7) is 5.63. The molecule has 1 aromatic carbocycles. The number of rotatable bonds is 7. The van der Waals surface area contributed by atoms with E-state index in [2.05, 4.69) is 4.57 Å². The van der Waals surface area contributed by atoms with Gasteiger partial charge in [0.25, 0.3) is 0 Å². The van der Waals surface area contributed by atoms with Crippen LogP contribution in [-0.2, 0) is 20.8 Å². The van der Waals surface area contributed by atoms with Crippen LogP contribution in [-0.4, -0.2) is 48.1 Å². The van der Waals surface area contributed by atoms with Crippen LogP contribution < -0.4 is 4.90 Å². The summed E-state index contributed by atoms with van der Waals surface area (Å²) < 4.78 is 13.2. The van der Waals surface area contributed by atoms with Gasteiger partial charge in [-0.2, -0.15) is 0 Å². The number of Topliss-reactive ketones (excluding diaryl/α,β-unsaturated/α-hetero) is 1. The van der Waals surface area contributed by atoms with Crippen LogP contribution >= 0.6 is 0 Å². The molecule has 1 aromatic heterocycles. The van der Waals surface area contributed by atoms with E-state index in [1.54, 1.807) is 29.2 Å². The first-order chi connectivity index (χ1) is 15.0. The first kappa shape index (κ1) is 21.3. The predicted molar refractivity (Wildman–Crippen MR) is 116 cm³/mol. The van der Waals surface area contributed by atoms with Gasteiger partial charge in [0.05, 0.1) is 17.4 Å². The molecule has 1 amide bonds. The highest BCUT2D eigenvalue weighted by Gasteiger charge is 2.27. The molecule has 0 bridgehead atoms. The van der Waals surface area contributed by atoms with Crippen LogP contribution in [0.25, 0.3) is 0 Å². The van der Waals surface area contributed by atoms with Crippen molar-refractivity contribution in [3.05, 3.63) is 52.8 Å². The number of hydrogen-bond acceptors (Lipinski definition) is 5. The fraction of sp³-hybridized carbons (Fsp3) is 0.458. The van der Waals surface area contributed by atoms with Crippen LogP contribution in [0.1, 0.15) is 57.8 Å². The highest BCUT2D eigenvalue weighted by molar-refractivity contribution is 6.05. The summed E-state index contributed by atoms with van der Waals surface area (Å²) in [6, 6.07) is 8.71. The lowest BCUT2D eigenvalue weighted by molar-refractivity contribution is -0.117. The van der Waals surface area contributed by atoms with Gasteiger partial charge < -0.3 is 18.9 Å². The Bertz CT molecular complexity index is 1000. The topological polar surface area (TPSA) is 77.8 Å². The van der Waals surface area contributed by atoms with Crippen molar-refractivity contribution in [1.82, 2.24) is 4.57 Å². The predicted octanol–water partition coefficient (Wildman–Crippen LogP) is 3.45. The summed E-state index contributed by atoms with van der Waals surface area (Å²) in [5, 5.41) is 0. The van der Waals surface area contributed by atoms with Crippen LogP contribution in [0, 0.1) is 13.8 Å². The van der Waals surface area contributed by atoms with Gasteiger partial charge in [0.1, 0.15) is 0 Å². The molecule has 7 heteroatoms. The average molecular weight is 424 g/mol. The van der Waals surface area contributed by atoms with E-state index < -0.39 is 5.97 Å². The molecule has 0 saturated carbocycles. The number of ketones is 1. The molecule has 0 N–H and O–H groups in total. The number of esters is 1. The van der Waals surface area contributed by atoms with Crippen LogP contribution in [0.4, 0.5) is 5.69 Å². The van der Waals surface area contributed by atoms with E-state index in [4.69, 9.17) is 9.47 Å². The first-order valence-corrected chi connectivity index (χ1v) is 10.8. The molecule has 2 saturated heterocycles. The van der Waals surface area contributed by atoms with Gasteiger partial charge in [-0.05, 0) is 51.3 Å². The van der Waals surface area contributed by atoms with E-state index in [0.29, 0.717) is 29.8 Å². The summed E-state index contributed by atoms with van der Waals surface area (Å²) in [4.78, 5) is 39.2. The second-order valence-corrected chi connectivity index (χ2v) is 8.20. The fourth-order valence-electron chi connectivity index (χ4n) is 4.43. The maximum Gasteiger partial charge on any atom is 0.340 e. The van der Waals surface area contributed by atoms with Gasteiger partial charge in [-0.1, -0.05) is 12.1 Å². The van der Waals surface area contributed by atoms with Crippen molar-refractivity contribution in [2.24, 2.45) is 0 Å². The van der Waals surface area contributed by atoms with E-state index in [0.717, 1.165) is 43.8 Å². The zero-order valence-electron chi connectivity index (χ0n) is 18.1. The van der Waals surface area contributed by atoms with Crippen molar-refractivity contribution in [3.63, 3.8) is 0 Å². The van der Waals surface area contributed by atoms with Crippen molar-refractivity contribution < 1.29 is 23.9 Å². The quantitative estimate of drug-likeness (QED) is 0.503. The summed E-state index contributed by atoms with van der Waals surface area (Å²) in [6.07, 6.45) is 3.51. The van der Waals surface area contributed by atoms with Crippen molar-refractivity contribution in [3.8, 4) is 0 Å². The van der Waals surface area contributed by atoms with Crippen molar-refractivity contribution >= 4 is 23.3 Å². The van der Waals surface area contributed by atoms with Gasteiger partial charge in [-0.15, -0.1) is 0 Å². The maximum absolute atomic E-state index is 12.8. The summed E-state index contributed by atoms with van der Waals surface area (Å²) in [5.74, 6) is -0.846. The van der Waals surface area contributed by atoms with Crippen LogP contribution in [0.5, 0.6) is 0 Å². The second-order valence-electron chi connectivity index (χ2n) is 8.20. The Morgan fingerprint density at radius 2 is 1.97 bits per heavy atom. The lowest BCUT2D eigenvalue weighted by atomic mass is 10.1. The number of carbonyl (C=O) groups is 3. The van der Waals surface area contributed by atoms with Gasteiger partial charge in [-0.3, -0.25) is 9.59 Å². The van der Waals surface area contributed by atoms with E-state index in [-0.39, 0.29) is 24.4 Å². The third kappa shape index (κ3) is 4.42.